The zero-order valence-electron chi connectivity index (χ0n) is 19.7. The lowest BCUT2D eigenvalue weighted by molar-refractivity contribution is 0.265. The molecule has 0 fully saturated rings. The van der Waals surface area contributed by atoms with Crippen molar-refractivity contribution in [3.8, 4) is 5.75 Å². The Morgan fingerprint density at radius 2 is 1.69 bits per heavy atom. The topological polar surface area (TPSA) is 37.4 Å². The molecule has 0 spiro atoms. The second-order valence-corrected chi connectivity index (χ2v) is 10.0. The van der Waals surface area contributed by atoms with E-state index in [-0.39, 0.29) is 0 Å². The highest BCUT2D eigenvalue weighted by Gasteiger charge is 2.15. The summed E-state index contributed by atoms with van der Waals surface area (Å²) >= 11 is 25.3. The Labute approximate surface area is 226 Å². The van der Waals surface area contributed by atoms with E-state index in [1.165, 1.54) is 0 Å². The maximum Gasteiger partial charge on any atom is 0.119 e. The number of methoxy groups -OCH3 is 1. The first-order chi connectivity index (χ1) is 16.9. The molecule has 0 saturated carbocycles. The number of nitrogens with one attached hydrogen (secondary N) is 1. The zero-order chi connectivity index (χ0) is 24.9. The number of pyridine rings is 1. The van der Waals surface area contributed by atoms with E-state index in [9.17, 15) is 0 Å². The summed E-state index contributed by atoms with van der Waals surface area (Å²) in [5, 5.41) is 8.05. The molecule has 1 aromatic heterocycles. The van der Waals surface area contributed by atoms with E-state index >= 15 is 0 Å². The first-order valence-electron chi connectivity index (χ1n) is 11.6. The van der Waals surface area contributed by atoms with Gasteiger partial charge < -0.3 is 10.1 Å². The Morgan fingerprint density at radius 1 is 0.886 bits per heavy atom. The van der Waals surface area contributed by atoms with Gasteiger partial charge in [-0.15, -0.1) is 0 Å². The highest BCUT2D eigenvalue weighted by atomic mass is 35.5. The normalized spacial score (nSPS) is 11.5. The number of hydrogen-bond donors (Lipinski definition) is 1. The van der Waals surface area contributed by atoms with Gasteiger partial charge in [0.25, 0.3) is 0 Å². The number of halogens is 4. The highest BCUT2D eigenvalue weighted by molar-refractivity contribution is 6.44. The summed E-state index contributed by atoms with van der Waals surface area (Å²) in [6.07, 6.45) is 1.96. The van der Waals surface area contributed by atoms with Crippen molar-refractivity contribution in [3.05, 3.63) is 74.2 Å². The molecule has 4 nitrogen and oxygen atoms in total. The lowest BCUT2D eigenvalue weighted by atomic mass is 10.1. The molecule has 0 aliphatic heterocycles. The number of fused-ring (bicyclic) bond motifs is 2. The van der Waals surface area contributed by atoms with Crippen LogP contribution in [0.4, 0.5) is 5.69 Å². The van der Waals surface area contributed by atoms with Gasteiger partial charge in [0.05, 0.1) is 33.9 Å². The number of ether oxygens (including phenoxy) is 1. The highest BCUT2D eigenvalue weighted by Crippen LogP contribution is 2.35. The van der Waals surface area contributed by atoms with Gasteiger partial charge in [-0.1, -0.05) is 53.3 Å². The quantitative estimate of drug-likeness (QED) is 0.122. The fourth-order valence-corrected chi connectivity index (χ4v) is 5.09. The first kappa shape index (κ1) is 26.1. The fourth-order valence-electron chi connectivity index (χ4n) is 4.25. The van der Waals surface area contributed by atoms with Crippen molar-refractivity contribution in [3.63, 3.8) is 0 Å². The zero-order valence-corrected chi connectivity index (χ0v) is 22.7. The SMILES string of the molecule is CCCN(CCCNc1c2ccc(Cl)cc2nc2ccc(OC)cc12)Cc1c(Cl)ccc(Cl)c1Cl. The lowest BCUT2D eigenvalue weighted by Crippen LogP contribution is -2.27. The molecule has 3 aromatic carbocycles. The van der Waals surface area contributed by atoms with Crippen LogP contribution in [0, 0.1) is 0 Å². The first-order valence-corrected chi connectivity index (χ1v) is 13.1. The maximum atomic E-state index is 6.45. The average molecular weight is 551 g/mol. The number of benzene rings is 3. The molecule has 4 aromatic rings. The largest absolute Gasteiger partial charge is 0.497 e. The van der Waals surface area contributed by atoms with Gasteiger partial charge in [0.1, 0.15) is 5.75 Å². The molecule has 8 heteroatoms. The minimum Gasteiger partial charge on any atom is -0.497 e. The van der Waals surface area contributed by atoms with Gasteiger partial charge in [-0.2, -0.15) is 0 Å². The third kappa shape index (κ3) is 6.07. The van der Waals surface area contributed by atoms with Crippen LogP contribution in [0.25, 0.3) is 21.8 Å². The summed E-state index contributed by atoms with van der Waals surface area (Å²) in [5.41, 5.74) is 3.65. The van der Waals surface area contributed by atoms with Crippen molar-refractivity contribution in [2.45, 2.75) is 26.3 Å². The molecule has 0 bridgehead atoms. The number of anilines is 1. The Hall–Kier alpha value is -1.95. The number of nitrogens with zero attached hydrogens (tertiary/aromatic N) is 2. The summed E-state index contributed by atoms with van der Waals surface area (Å²) in [4.78, 5) is 7.16. The van der Waals surface area contributed by atoms with E-state index in [1.807, 2.05) is 36.4 Å². The summed E-state index contributed by atoms with van der Waals surface area (Å²) in [6, 6.07) is 15.2. The Balaban J connectivity index is 1.53. The molecular weight excluding hydrogens is 524 g/mol. The van der Waals surface area contributed by atoms with Crippen LogP contribution < -0.4 is 10.1 Å². The summed E-state index contributed by atoms with van der Waals surface area (Å²) in [5.74, 6) is 0.792. The van der Waals surface area contributed by atoms with E-state index < -0.39 is 0 Å². The predicted molar refractivity (Wildman–Crippen MR) is 151 cm³/mol. The van der Waals surface area contributed by atoms with Crippen LogP contribution in [-0.2, 0) is 6.54 Å². The van der Waals surface area contributed by atoms with Gasteiger partial charge in [-0.3, -0.25) is 4.90 Å². The number of aromatic nitrogens is 1. The van der Waals surface area contributed by atoms with Gasteiger partial charge >= 0.3 is 0 Å². The van der Waals surface area contributed by atoms with E-state index in [0.29, 0.717) is 26.6 Å². The van der Waals surface area contributed by atoms with Crippen molar-refractivity contribution < 1.29 is 4.74 Å². The van der Waals surface area contributed by atoms with Crippen LogP contribution in [0.3, 0.4) is 0 Å². The van der Waals surface area contributed by atoms with Crippen LogP contribution in [0.1, 0.15) is 25.3 Å². The van der Waals surface area contributed by atoms with E-state index in [2.05, 4.69) is 17.1 Å². The molecule has 184 valence electrons. The van der Waals surface area contributed by atoms with Crippen LogP contribution >= 0.6 is 46.4 Å². The summed E-state index contributed by atoms with van der Waals surface area (Å²) < 4.78 is 5.46. The number of rotatable bonds is 10. The molecule has 0 atom stereocenters. The van der Waals surface area contributed by atoms with Crippen LogP contribution in [0.15, 0.2) is 48.5 Å². The van der Waals surface area contributed by atoms with Gasteiger partial charge in [0.2, 0.25) is 0 Å². The van der Waals surface area contributed by atoms with E-state index in [0.717, 1.165) is 71.3 Å². The van der Waals surface area contributed by atoms with Crippen molar-refractivity contribution in [2.75, 3.05) is 32.1 Å². The third-order valence-corrected chi connectivity index (χ3v) is 7.39. The summed E-state index contributed by atoms with van der Waals surface area (Å²) in [6.45, 7) is 5.43. The standard InChI is InChI=1S/C27H27Cl4N3O/c1-3-12-34(16-21-22(29)8-9-23(30)26(21)31)13-4-11-32-27-19-7-5-17(28)14-25(19)33-24-10-6-18(35-2)15-20(24)27/h5-10,14-15H,3-4,11-13,16H2,1-2H3,(H,32,33). The van der Waals surface area contributed by atoms with Gasteiger partial charge in [0.15, 0.2) is 0 Å². The molecule has 1 N–H and O–H groups in total. The maximum absolute atomic E-state index is 6.45. The van der Waals surface area contributed by atoms with Crippen LogP contribution in [0.2, 0.25) is 20.1 Å². The van der Waals surface area contributed by atoms with Crippen LogP contribution in [0.5, 0.6) is 5.75 Å². The molecule has 0 radical (unpaired) electrons. The van der Waals surface area contributed by atoms with E-state index in [1.54, 1.807) is 19.2 Å². The van der Waals surface area contributed by atoms with Crippen molar-refractivity contribution in [1.82, 2.24) is 9.88 Å². The monoisotopic (exact) mass is 549 g/mol. The van der Waals surface area contributed by atoms with Crippen molar-refractivity contribution in [2.24, 2.45) is 0 Å². The predicted octanol–water partition coefficient (Wildman–Crippen LogP) is 8.72. The Bertz CT molecular complexity index is 1350. The molecule has 35 heavy (non-hydrogen) atoms. The smallest absolute Gasteiger partial charge is 0.119 e. The third-order valence-electron chi connectivity index (χ3n) is 5.96. The molecular formula is C27H27Cl4N3O. The molecule has 4 rings (SSSR count). The minimum absolute atomic E-state index is 0.524. The molecule has 0 aliphatic carbocycles. The number of hydrogen-bond acceptors (Lipinski definition) is 4. The van der Waals surface area contributed by atoms with Gasteiger partial charge in [-0.05, 0) is 67.9 Å². The molecule has 0 unspecified atom stereocenters. The van der Waals surface area contributed by atoms with Crippen molar-refractivity contribution >= 4 is 73.9 Å². The van der Waals surface area contributed by atoms with Gasteiger partial charge in [0, 0.05) is 46.0 Å². The molecule has 0 amide bonds. The summed E-state index contributed by atoms with van der Waals surface area (Å²) in [7, 11) is 1.67. The molecule has 0 saturated heterocycles. The van der Waals surface area contributed by atoms with Crippen LogP contribution in [-0.4, -0.2) is 36.6 Å². The second-order valence-electron chi connectivity index (χ2n) is 8.41. The average Bonchev–Trinajstić information content (AvgIpc) is 2.85. The van der Waals surface area contributed by atoms with Crippen molar-refractivity contribution in [1.29, 1.82) is 0 Å². The Morgan fingerprint density at radius 3 is 2.46 bits per heavy atom. The Kier molecular flexibility index (Phi) is 8.85. The lowest BCUT2D eigenvalue weighted by Gasteiger charge is -2.23. The fraction of sp³-hybridized carbons (Fsp3) is 0.296. The molecule has 0 aliphatic rings. The van der Waals surface area contributed by atoms with Gasteiger partial charge in [-0.25, -0.2) is 4.98 Å². The minimum atomic E-state index is 0.524. The molecule has 1 heterocycles. The van der Waals surface area contributed by atoms with E-state index in [4.69, 9.17) is 56.1 Å². The second kappa shape index (κ2) is 11.9.